The molecule has 1 aromatic carbocycles. The van der Waals surface area contributed by atoms with Crippen LogP contribution in [0.5, 0.6) is 11.6 Å². The van der Waals surface area contributed by atoms with E-state index in [2.05, 4.69) is 38.2 Å². The summed E-state index contributed by atoms with van der Waals surface area (Å²) in [4.78, 5) is 20.7. The van der Waals surface area contributed by atoms with E-state index in [1.807, 2.05) is 28.8 Å². The Kier molecular flexibility index (Phi) is 7.04. The Morgan fingerprint density at radius 1 is 1.13 bits per heavy atom. The van der Waals surface area contributed by atoms with E-state index >= 15 is 0 Å². The van der Waals surface area contributed by atoms with E-state index in [1.54, 1.807) is 12.3 Å². The summed E-state index contributed by atoms with van der Waals surface area (Å²) in [7, 11) is 0. The quantitative estimate of drug-likeness (QED) is 0.337. The van der Waals surface area contributed by atoms with E-state index < -0.39 is 0 Å². The number of rotatable bonds is 9. The van der Waals surface area contributed by atoms with Crippen LogP contribution >= 0.6 is 11.6 Å². The van der Waals surface area contributed by atoms with Crippen molar-refractivity contribution < 1.29 is 9.47 Å². The topological polar surface area (TPSA) is 114 Å². The van der Waals surface area contributed by atoms with Gasteiger partial charge in [-0.05, 0) is 50.1 Å². The average molecular weight is 545 g/mol. The molecule has 0 bridgehead atoms. The lowest BCUT2D eigenvalue weighted by molar-refractivity contribution is 0.191. The van der Waals surface area contributed by atoms with E-state index in [1.165, 1.54) is 6.33 Å². The number of piperazine rings is 1. The van der Waals surface area contributed by atoms with Gasteiger partial charge in [0.05, 0.1) is 22.8 Å². The van der Waals surface area contributed by atoms with Gasteiger partial charge in [-0.2, -0.15) is 10.2 Å². The normalized spacial score (nSPS) is 16.6. The van der Waals surface area contributed by atoms with Gasteiger partial charge in [0.25, 0.3) is 0 Å². The molecule has 2 fully saturated rings. The number of benzene rings is 1. The van der Waals surface area contributed by atoms with Crippen molar-refractivity contribution in [3.8, 4) is 29.1 Å². The van der Waals surface area contributed by atoms with Gasteiger partial charge in [-0.3, -0.25) is 9.88 Å². The number of nitrogens with zero attached hydrogens (tertiary/aromatic N) is 7. The summed E-state index contributed by atoms with van der Waals surface area (Å²) in [6.07, 6.45) is 5.01. The maximum absolute atomic E-state index is 9.16. The highest BCUT2D eigenvalue weighted by molar-refractivity contribution is 6.33. The highest BCUT2D eigenvalue weighted by Crippen LogP contribution is 2.41. The summed E-state index contributed by atoms with van der Waals surface area (Å²) in [5.74, 6) is 1.79. The maximum Gasteiger partial charge on any atom is 0.245 e. The second-order valence-corrected chi connectivity index (χ2v) is 10.6. The van der Waals surface area contributed by atoms with Gasteiger partial charge in [-0.15, -0.1) is 0 Å². The minimum absolute atomic E-state index is 0.221. The Labute approximate surface area is 231 Å². The fourth-order valence-electron chi connectivity index (χ4n) is 4.60. The van der Waals surface area contributed by atoms with Crippen LogP contribution in [0.4, 0.5) is 0 Å². The van der Waals surface area contributed by atoms with Gasteiger partial charge < -0.3 is 19.4 Å². The molecule has 1 saturated heterocycles. The third-order valence-electron chi connectivity index (χ3n) is 7.14. The summed E-state index contributed by atoms with van der Waals surface area (Å²) < 4.78 is 14.2. The molecule has 11 heteroatoms. The zero-order chi connectivity index (χ0) is 26.8. The van der Waals surface area contributed by atoms with E-state index in [9.17, 15) is 0 Å². The van der Waals surface area contributed by atoms with Crippen molar-refractivity contribution in [2.75, 3.05) is 39.3 Å². The van der Waals surface area contributed by atoms with Crippen LogP contribution in [0.2, 0.25) is 5.02 Å². The number of pyridine rings is 1. The van der Waals surface area contributed by atoms with Gasteiger partial charge in [0, 0.05) is 44.5 Å². The van der Waals surface area contributed by atoms with Crippen molar-refractivity contribution in [2.24, 2.45) is 0 Å². The standard InChI is InChI=1S/C28H29ClN8O2/c1-28(6-7-28)39-27-24-26(33-18-34-27)37(17-20-3-2-19(15-30)16-32-20)25(35-24)22-5-4-21(14-23(22)29)38-13-12-36-10-8-31-9-11-36/h2-5,14,16,18,31H,6-13,17H2,1H3. The molecule has 6 rings (SSSR count). The fraction of sp³-hybridized carbons (Fsp3) is 0.393. The Balaban J connectivity index is 1.32. The predicted molar refractivity (Wildman–Crippen MR) is 147 cm³/mol. The molecule has 200 valence electrons. The summed E-state index contributed by atoms with van der Waals surface area (Å²) in [6.45, 7) is 7.98. The SMILES string of the molecule is CC1(Oc2ncnc3c2nc(-c2ccc(OCCN4CCNCC4)cc2Cl)n3Cc2ccc(C#N)cn2)CC1. The minimum atomic E-state index is -0.221. The second kappa shape index (κ2) is 10.8. The number of nitriles is 1. The molecular formula is C28H29ClN8O2. The van der Waals surface area contributed by atoms with Gasteiger partial charge in [-0.1, -0.05) is 11.6 Å². The molecule has 0 amide bonds. The third-order valence-corrected chi connectivity index (χ3v) is 7.45. The van der Waals surface area contributed by atoms with Crippen molar-refractivity contribution in [3.05, 3.63) is 59.1 Å². The predicted octanol–water partition coefficient (Wildman–Crippen LogP) is 3.68. The van der Waals surface area contributed by atoms with Gasteiger partial charge in [-0.25, -0.2) is 9.97 Å². The van der Waals surface area contributed by atoms with Crippen LogP contribution in [-0.4, -0.2) is 74.3 Å². The van der Waals surface area contributed by atoms with Crippen LogP contribution in [0.1, 0.15) is 31.0 Å². The van der Waals surface area contributed by atoms with E-state index in [4.69, 9.17) is 31.3 Å². The van der Waals surface area contributed by atoms with Crippen molar-refractivity contribution in [1.82, 2.24) is 34.7 Å². The number of aromatic nitrogens is 5. The molecule has 1 N–H and O–H groups in total. The number of imidazole rings is 1. The molecule has 0 radical (unpaired) electrons. The highest BCUT2D eigenvalue weighted by atomic mass is 35.5. The zero-order valence-corrected chi connectivity index (χ0v) is 22.5. The first-order valence-corrected chi connectivity index (χ1v) is 13.5. The van der Waals surface area contributed by atoms with Crippen LogP contribution < -0.4 is 14.8 Å². The van der Waals surface area contributed by atoms with E-state index in [0.29, 0.717) is 52.4 Å². The number of hydrogen-bond acceptors (Lipinski definition) is 9. The number of hydrogen-bond donors (Lipinski definition) is 1. The molecule has 0 unspecified atom stereocenters. The highest BCUT2D eigenvalue weighted by Gasteiger charge is 2.41. The average Bonchev–Trinajstić information content (AvgIpc) is 3.57. The number of ether oxygens (including phenoxy) is 2. The monoisotopic (exact) mass is 544 g/mol. The number of nitrogens with one attached hydrogen (secondary N) is 1. The third kappa shape index (κ3) is 5.66. The molecule has 2 aliphatic rings. The maximum atomic E-state index is 9.16. The largest absolute Gasteiger partial charge is 0.492 e. The zero-order valence-electron chi connectivity index (χ0n) is 21.7. The summed E-state index contributed by atoms with van der Waals surface area (Å²) in [6, 6.07) is 11.3. The molecule has 10 nitrogen and oxygen atoms in total. The molecule has 0 spiro atoms. The van der Waals surface area contributed by atoms with Crippen LogP contribution in [-0.2, 0) is 6.54 Å². The smallest absolute Gasteiger partial charge is 0.245 e. The lowest BCUT2D eigenvalue weighted by atomic mass is 10.2. The van der Waals surface area contributed by atoms with Crippen molar-refractivity contribution in [1.29, 1.82) is 5.26 Å². The van der Waals surface area contributed by atoms with Crippen molar-refractivity contribution >= 4 is 22.8 Å². The van der Waals surface area contributed by atoms with Gasteiger partial charge in [0.1, 0.15) is 36.2 Å². The van der Waals surface area contributed by atoms with Crippen LogP contribution in [0.15, 0.2) is 42.9 Å². The van der Waals surface area contributed by atoms with Gasteiger partial charge in [0.2, 0.25) is 5.88 Å². The lowest BCUT2D eigenvalue weighted by Crippen LogP contribution is -2.44. The summed E-state index contributed by atoms with van der Waals surface area (Å²) >= 11 is 6.82. The summed E-state index contributed by atoms with van der Waals surface area (Å²) in [5, 5.41) is 13.0. The Morgan fingerprint density at radius 2 is 1.97 bits per heavy atom. The molecule has 4 aromatic rings. The molecule has 39 heavy (non-hydrogen) atoms. The van der Waals surface area contributed by atoms with Gasteiger partial charge >= 0.3 is 0 Å². The second-order valence-electron chi connectivity index (χ2n) is 10.2. The number of fused-ring (bicyclic) bond motifs is 1. The number of halogens is 1. The minimum Gasteiger partial charge on any atom is -0.492 e. The van der Waals surface area contributed by atoms with Crippen molar-refractivity contribution in [3.63, 3.8) is 0 Å². The Hall–Kier alpha value is -3.78. The molecule has 1 aliphatic carbocycles. The summed E-state index contributed by atoms with van der Waals surface area (Å²) in [5.41, 5.74) is 2.97. The molecule has 3 aromatic heterocycles. The molecule has 1 saturated carbocycles. The van der Waals surface area contributed by atoms with E-state index in [-0.39, 0.29) is 5.60 Å². The molecule has 0 atom stereocenters. The first-order chi connectivity index (χ1) is 19.0. The van der Waals surface area contributed by atoms with Crippen molar-refractivity contribution in [2.45, 2.75) is 31.9 Å². The Bertz CT molecular complexity index is 1520. The van der Waals surface area contributed by atoms with Crippen LogP contribution in [0.25, 0.3) is 22.6 Å². The lowest BCUT2D eigenvalue weighted by Gasteiger charge is -2.26. The van der Waals surface area contributed by atoms with Gasteiger partial charge in [0.15, 0.2) is 11.2 Å². The molecule has 4 heterocycles. The molecule has 1 aliphatic heterocycles. The fourth-order valence-corrected chi connectivity index (χ4v) is 4.85. The first-order valence-electron chi connectivity index (χ1n) is 13.1. The van der Waals surface area contributed by atoms with E-state index in [0.717, 1.165) is 56.8 Å². The molecular weight excluding hydrogens is 516 g/mol. The van der Waals surface area contributed by atoms with Crippen LogP contribution in [0, 0.1) is 11.3 Å². The Morgan fingerprint density at radius 3 is 2.69 bits per heavy atom. The van der Waals surface area contributed by atoms with Crippen LogP contribution in [0.3, 0.4) is 0 Å². The first kappa shape index (κ1) is 25.5.